The van der Waals surface area contributed by atoms with Gasteiger partial charge in [0.1, 0.15) is 5.82 Å². The fraction of sp³-hybridized carbons (Fsp3) is 0.333. The van der Waals surface area contributed by atoms with Crippen LogP contribution in [-0.4, -0.2) is 42.1 Å². The van der Waals surface area contributed by atoms with Gasteiger partial charge in [0.05, 0.1) is 5.69 Å². The molecule has 7 heteroatoms. The highest BCUT2D eigenvalue weighted by molar-refractivity contribution is 7.80. The van der Waals surface area contributed by atoms with Gasteiger partial charge in [0.2, 0.25) is 0 Å². The van der Waals surface area contributed by atoms with Crippen LogP contribution >= 0.6 is 12.2 Å². The summed E-state index contributed by atoms with van der Waals surface area (Å²) in [6, 6.07) is 11.8. The van der Waals surface area contributed by atoms with Gasteiger partial charge in [0, 0.05) is 24.3 Å². The van der Waals surface area contributed by atoms with Crippen LogP contribution in [0.25, 0.3) is 0 Å². The summed E-state index contributed by atoms with van der Waals surface area (Å²) in [4.78, 5) is 14.5. The second-order valence-corrected chi connectivity index (χ2v) is 6.83. The molecule has 2 rings (SSSR count). The Balaban J connectivity index is 1.87. The lowest BCUT2D eigenvalue weighted by Gasteiger charge is -2.18. The molecule has 0 aliphatic carbocycles. The van der Waals surface area contributed by atoms with Gasteiger partial charge in [0.15, 0.2) is 5.11 Å². The van der Waals surface area contributed by atoms with E-state index in [-0.39, 0.29) is 16.8 Å². The molecule has 0 heterocycles. The van der Waals surface area contributed by atoms with Crippen molar-refractivity contribution in [1.82, 2.24) is 10.2 Å². The molecule has 5 nitrogen and oxygen atoms in total. The summed E-state index contributed by atoms with van der Waals surface area (Å²) < 4.78 is 13.8. The first-order chi connectivity index (χ1) is 13.4. The molecule has 28 heavy (non-hydrogen) atoms. The lowest BCUT2D eigenvalue weighted by Crippen LogP contribution is -2.34. The lowest BCUT2D eigenvalue weighted by molar-refractivity contribution is 0.0949. The molecule has 0 spiro atoms. The zero-order valence-corrected chi connectivity index (χ0v) is 17.3. The number of carbonyl (C=O) groups excluding carboxylic acids is 1. The Labute approximate surface area is 171 Å². The van der Waals surface area contributed by atoms with Crippen molar-refractivity contribution < 1.29 is 9.18 Å². The van der Waals surface area contributed by atoms with Crippen LogP contribution in [0.1, 0.15) is 29.8 Å². The van der Waals surface area contributed by atoms with Crippen molar-refractivity contribution in [3.05, 3.63) is 59.4 Å². The smallest absolute Gasteiger partial charge is 0.251 e. The Hall–Kier alpha value is -2.51. The van der Waals surface area contributed by atoms with E-state index in [0.29, 0.717) is 23.5 Å². The van der Waals surface area contributed by atoms with Crippen molar-refractivity contribution in [2.45, 2.75) is 20.8 Å². The molecule has 0 atom stereocenters. The maximum Gasteiger partial charge on any atom is 0.251 e. The van der Waals surface area contributed by atoms with Gasteiger partial charge < -0.3 is 20.9 Å². The minimum atomic E-state index is -0.369. The lowest BCUT2D eigenvalue weighted by atomic mass is 10.2. The first kappa shape index (κ1) is 21.8. The summed E-state index contributed by atoms with van der Waals surface area (Å²) in [5.41, 5.74) is 2.55. The highest BCUT2D eigenvalue weighted by Crippen LogP contribution is 2.16. The molecule has 2 aromatic rings. The van der Waals surface area contributed by atoms with E-state index < -0.39 is 0 Å². The number of benzene rings is 2. The van der Waals surface area contributed by atoms with Gasteiger partial charge >= 0.3 is 0 Å². The van der Waals surface area contributed by atoms with E-state index in [4.69, 9.17) is 12.2 Å². The number of halogens is 1. The van der Waals surface area contributed by atoms with Crippen molar-refractivity contribution in [3.63, 3.8) is 0 Å². The monoisotopic (exact) mass is 402 g/mol. The number of rotatable bonds is 8. The van der Waals surface area contributed by atoms with Crippen LogP contribution in [0, 0.1) is 12.7 Å². The summed E-state index contributed by atoms with van der Waals surface area (Å²) in [6.07, 6.45) is 0. The minimum absolute atomic E-state index is 0.110. The molecule has 0 aliphatic heterocycles. The standard InChI is InChI=1S/C21H27FN4OS/c1-4-26(5-2)13-12-23-20(27)16-7-9-17(10-8-16)24-21(28)25-19-14-15(3)6-11-18(19)22/h6-11,14H,4-5,12-13H2,1-3H3,(H,23,27)(H2,24,25,28). The highest BCUT2D eigenvalue weighted by atomic mass is 32.1. The minimum Gasteiger partial charge on any atom is -0.351 e. The van der Waals surface area contributed by atoms with Crippen LogP contribution in [0.4, 0.5) is 15.8 Å². The molecule has 0 saturated heterocycles. The Morgan fingerprint density at radius 2 is 1.75 bits per heavy atom. The van der Waals surface area contributed by atoms with E-state index in [1.165, 1.54) is 6.07 Å². The normalized spacial score (nSPS) is 10.6. The van der Waals surface area contributed by atoms with Crippen LogP contribution in [0.5, 0.6) is 0 Å². The summed E-state index contributed by atoms with van der Waals surface area (Å²) in [5.74, 6) is -0.479. The Morgan fingerprint density at radius 1 is 1.07 bits per heavy atom. The molecule has 0 aromatic heterocycles. The average molecular weight is 403 g/mol. The number of aryl methyl sites for hydroxylation is 1. The molecule has 0 fully saturated rings. The zero-order valence-electron chi connectivity index (χ0n) is 16.5. The van der Waals surface area contributed by atoms with Gasteiger partial charge in [-0.1, -0.05) is 19.9 Å². The maximum absolute atomic E-state index is 13.8. The van der Waals surface area contributed by atoms with Crippen molar-refractivity contribution >= 4 is 34.6 Å². The number of anilines is 2. The van der Waals surface area contributed by atoms with Gasteiger partial charge in [-0.3, -0.25) is 4.79 Å². The van der Waals surface area contributed by atoms with Crippen LogP contribution in [-0.2, 0) is 0 Å². The van der Waals surface area contributed by atoms with Crippen LogP contribution in [0.15, 0.2) is 42.5 Å². The third kappa shape index (κ3) is 6.58. The molecule has 0 saturated carbocycles. The van der Waals surface area contributed by atoms with Gasteiger partial charge in [-0.15, -0.1) is 0 Å². The number of hydrogen-bond acceptors (Lipinski definition) is 3. The second-order valence-electron chi connectivity index (χ2n) is 6.42. The van der Waals surface area contributed by atoms with Gasteiger partial charge in [-0.05, 0) is 74.2 Å². The number of nitrogens with zero attached hydrogens (tertiary/aromatic N) is 1. The highest BCUT2D eigenvalue weighted by Gasteiger charge is 2.08. The van der Waals surface area contributed by atoms with Crippen LogP contribution in [0.3, 0.4) is 0 Å². The zero-order chi connectivity index (χ0) is 20.5. The summed E-state index contributed by atoms with van der Waals surface area (Å²) in [7, 11) is 0. The predicted molar refractivity (Wildman–Crippen MR) is 118 cm³/mol. The topological polar surface area (TPSA) is 56.4 Å². The van der Waals surface area contributed by atoms with Crippen LogP contribution in [0.2, 0.25) is 0 Å². The number of hydrogen-bond donors (Lipinski definition) is 3. The average Bonchev–Trinajstić information content (AvgIpc) is 2.68. The van der Waals surface area contributed by atoms with E-state index in [1.807, 2.05) is 6.92 Å². The number of thiocarbonyl (C=S) groups is 1. The second kappa shape index (κ2) is 10.7. The first-order valence-corrected chi connectivity index (χ1v) is 9.78. The third-order valence-electron chi connectivity index (χ3n) is 4.38. The molecular weight excluding hydrogens is 375 g/mol. The van der Waals surface area contributed by atoms with Crippen molar-refractivity contribution in [2.75, 3.05) is 36.8 Å². The molecular formula is C21H27FN4OS. The van der Waals surface area contributed by atoms with Crippen molar-refractivity contribution in [1.29, 1.82) is 0 Å². The van der Waals surface area contributed by atoms with Crippen molar-refractivity contribution in [3.8, 4) is 0 Å². The number of likely N-dealkylation sites (N-methyl/N-ethyl adjacent to an activating group) is 1. The number of carbonyl (C=O) groups is 1. The van der Waals surface area contributed by atoms with Gasteiger partial charge in [-0.2, -0.15) is 0 Å². The summed E-state index contributed by atoms with van der Waals surface area (Å²) in [5, 5.41) is 9.04. The van der Waals surface area contributed by atoms with Gasteiger partial charge in [-0.25, -0.2) is 4.39 Å². The Bertz CT molecular complexity index is 807. The van der Waals surface area contributed by atoms with E-state index in [9.17, 15) is 9.18 Å². The van der Waals surface area contributed by atoms with Crippen molar-refractivity contribution in [2.24, 2.45) is 0 Å². The maximum atomic E-state index is 13.8. The molecule has 0 bridgehead atoms. The SMILES string of the molecule is CCN(CC)CCNC(=O)c1ccc(NC(=S)Nc2cc(C)ccc2F)cc1. The molecule has 1 amide bonds. The van der Waals surface area contributed by atoms with Crippen LogP contribution < -0.4 is 16.0 Å². The van der Waals surface area contributed by atoms with E-state index in [2.05, 4.69) is 34.7 Å². The summed E-state index contributed by atoms with van der Waals surface area (Å²) in [6.45, 7) is 9.45. The van der Waals surface area contributed by atoms with E-state index in [0.717, 1.165) is 25.2 Å². The van der Waals surface area contributed by atoms with E-state index >= 15 is 0 Å². The quantitative estimate of drug-likeness (QED) is 0.583. The predicted octanol–water partition coefficient (Wildman–Crippen LogP) is 4.01. The molecule has 0 unspecified atom stereocenters. The molecule has 0 radical (unpaired) electrons. The molecule has 0 aliphatic rings. The van der Waals surface area contributed by atoms with Gasteiger partial charge in [0.25, 0.3) is 5.91 Å². The Kier molecular flexibility index (Phi) is 8.35. The number of amides is 1. The third-order valence-corrected chi connectivity index (χ3v) is 4.59. The summed E-state index contributed by atoms with van der Waals surface area (Å²) >= 11 is 5.24. The number of nitrogens with one attached hydrogen (secondary N) is 3. The molecule has 3 N–H and O–H groups in total. The fourth-order valence-corrected chi connectivity index (χ4v) is 2.92. The van der Waals surface area contributed by atoms with E-state index in [1.54, 1.807) is 36.4 Å². The fourth-order valence-electron chi connectivity index (χ4n) is 2.69. The molecule has 150 valence electrons. The Morgan fingerprint density at radius 3 is 2.39 bits per heavy atom. The largest absolute Gasteiger partial charge is 0.351 e. The molecule has 2 aromatic carbocycles. The first-order valence-electron chi connectivity index (χ1n) is 9.37.